The van der Waals surface area contributed by atoms with Gasteiger partial charge < -0.3 is 15.0 Å². The summed E-state index contributed by atoms with van der Waals surface area (Å²) in [7, 11) is 0. The lowest BCUT2D eigenvalue weighted by Gasteiger charge is -2.16. The van der Waals surface area contributed by atoms with Crippen molar-refractivity contribution in [3.8, 4) is 17.2 Å². The zero-order chi connectivity index (χ0) is 18.2. The summed E-state index contributed by atoms with van der Waals surface area (Å²) < 4.78 is 8.14. The van der Waals surface area contributed by atoms with Gasteiger partial charge in [-0.15, -0.1) is 0 Å². The van der Waals surface area contributed by atoms with Gasteiger partial charge in [-0.2, -0.15) is 0 Å². The highest BCUT2D eigenvalue weighted by Crippen LogP contribution is 2.35. The maximum absolute atomic E-state index is 6.24. The Morgan fingerprint density at radius 3 is 2.41 bits per heavy atom. The molecule has 0 atom stereocenters. The third-order valence-electron chi connectivity index (χ3n) is 5.14. The molecule has 0 saturated carbocycles. The molecule has 2 aromatic heterocycles. The Balaban J connectivity index is 1.59. The number of para-hydroxylation sites is 1. The number of anilines is 1. The topological polar surface area (TPSA) is 66.0 Å². The summed E-state index contributed by atoms with van der Waals surface area (Å²) in [5, 5.41) is 0. The molecule has 134 valence electrons. The average Bonchev–Trinajstić information content (AvgIpc) is 3.05. The summed E-state index contributed by atoms with van der Waals surface area (Å²) in [5.41, 5.74) is 11.8. The second-order valence-electron chi connectivity index (χ2n) is 6.83. The molecule has 0 saturated heterocycles. The van der Waals surface area contributed by atoms with Crippen molar-refractivity contribution in [2.75, 3.05) is 5.73 Å². The van der Waals surface area contributed by atoms with Gasteiger partial charge in [0.25, 0.3) is 0 Å². The molecular weight excluding hydrogens is 336 g/mol. The van der Waals surface area contributed by atoms with Gasteiger partial charge in [0.05, 0.1) is 5.52 Å². The summed E-state index contributed by atoms with van der Waals surface area (Å²) in [6, 6.07) is 17.9. The number of hydrogen-bond acceptors (Lipinski definition) is 4. The van der Waals surface area contributed by atoms with Gasteiger partial charge >= 0.3 is 0 Å². The largest absolute Gasteiger partial charge is 0.457 e. The Hall–Kier alpha value is -3.34. The van der Waals surface area contributed by atoms with Crippen LogP contribution < -0.4 is 10.5 Å². The molecule has 0 spiro atoms. The fraction of sp³-hybridized carbons (Fsp3) is 0.182. The van der Waals surface area contributed by atoms with E-state index < -0.39 is 0 Å². The molecule has 2 N–H and O–H groups in total. The first-order valence-corrected chi connectivity index (χ1v) is 9.27. The minimum atomic E-state index is 0.527. The minimum Gasteiger partial charge on any atom is -0.457 e. The van der Waals surface area contributed by atoms with Crippen molar-refractivity contribution in [2.45, 2.75) is 25.7 Å². The van der Waals surface area contributed by atoms with Crippen LogP contribution in [0.2, 0.25) is 0 Å². The molecular formula is C22H20N4O. The third kappa shape index (κ3) is 2.72. The summed E-state index contributed by atoms with van der Waals surface area (Å²) >= 11 is 0. The van der Waals surface area contributed by atoms with Gasteiger partial charge in [0, 0.05) is 11.4 Å². The molecule has 0 radical (unpaired) electrons. The molecule has 2 heterocycles. The zero-order valence-electron chi connectivity index (χ0n) is 14.9. The van der Waals surface area contributed by atoms with Crippen LogP contribution in [0.25, 0.3) is 16.7 Å². The number of rotatable bonds is 3. The summed E-state index contributed by atoms with van der Waals surface area (Å²) in [4.78, 5) is 8.77. The first-order valence-electron chi connectivity index (χ1n) is 9.27. The molecule has 0 aliphatic heterocycles. The highest BCUT2D eigenvalue weighted by atomic mass is 16.5. The number of ether oxygens (including phenoxy) is 1. The normalized spacial score (nSPS) is 13.5. The van der Waals surface area contributed by atoms with Crippen molar-refractivity contribution in [2.24, 2.45) is 0 Å². The van der Waals surface area contributed by atoms with Gasteiger partial charge in [0.2, 0.25) is 0 Å². The lowest BCUT2D eigenvalue weighted by atomic mass is 9.97. The van der Waals surface area contributed by atoms with E-state index in [1.807, 2.05) is 42.5 Å². The first kappa shape index (κ1) is 15.9. The number of nitrogens with zero attached hydrogens (tertiary/aromatic N) is 3. The van der Waals surface area contributed by atoms with Crippen molar-refractivity contribution in [3.63, 3.8) is 0 Å². The van der Waals surface area contributed by atoms with Gasteiger partial charge in [-0.1, -0.05) is 18.2 Å². The number of benzene rings is 2. The molecule has 5 heteroatoms. The first-order chi connectivity index (χ1) is 13.3. The predicted molar refractivity (Wildman–Crippen MR) is 106 cm³/mol. The number of aromatic nitrogens is 3. The smallest absolute Gasteiger partial charge is 0.151 e. The number of aryl methyl sites for hydroxylation is 1. The van der Waals surface area contributed by atoms with Crippen LogP contribution in [0.15, 0.2) is 60.9 Å². The van der Waals surface area contributed by atoms with Gasteiger partial charge in [0.1, 0.15) is 23.3 Å². The van der Waals surface area contributed by atoms with Crippen LogP contribution in [0.3, 0.4) is 0 Å². The van der Waals surface area contributed by atoms with Crippen LogP contribution in [-0.2, 0) is 12.8 Å². The van der Waals surface area contributed by atoms with Crippen LogP contribution in [-0.4, -0.2) is 14.5 Å². The molecule has 4 aromatic rings. The predicted octanol–water partition coefficient (Wildman–Crippen LogP) is 4.67. The number of nitrogen functional groups attached to an aromatic ring is 1. The molecule has 0 amide bonds. The Labute approximate surface area is 157 Å². The Kier molecular flexibility index (Phi) is 3.78. The molecule has 2 aromatic carbocycles. The van der Waals surface area contributed by atoms with E-state index in [-0.39, 0.29) is 0 Å². The number of hydrogen-bond donors (Lipinski definition) is 1. The van der Waals surface area contributed by atoms with Crippen LogP contribution in [0.5, 0.6) is 11.5 Å². The molecule has 1 aliphatic carbocycles. The van der Waals surface area contributed by atoms with Gasteiger partial charge in [-0.25, -0.2) is 9.97 Å². The van der Waals surface area contributed by atoms with E-state index >= 15 is 0 Å². The van der Waals surface area contributed by atoms with Crippen LogP contribution in [0, 0.1) is 0 Å². The lowest BCUT2D eigenvalue weighted by Crippen LogP contribution is -2.07. The second kappa shape index (κ2) is 6.43. The summed E-state index contributed by atoms with van der Waals surface area (Å²) in [5.74, 6) is 2.16. The quantitative estimate of drug-likeness (QED) is 0.579. The molecule has 5 rings (SSSR count). The highest BCUT2D eigenvalue weighted by Gasteiger charge is 2.23. The second-order valence-corrected chi connectivity index (χ2v) is 6.83. The molecule has 27 heavy (non-hydrogen) atoms. The molecule has 0 bridgehead atoms. The third-order valence-corrected chi connectivity index (χ3v) is 5.14. The molecule has 0 fully saturated rings. The van der Waals surface area contributed by atoms with Crippen LogP contribution >= 0.6 is 0 Å². The fourth-order valence-electron chi connectivity index (χ4n) is 3.93. The number of fused-ring (bicyclic) bond motifs is 3. The zero-order valence-corrected chi connectivity index (χ0v) is 14.9. The lowest BCUT2D eigenvalue weighted by molar-refractivity contribution is 0.482. The van der Waals surface area contributed by atoms with Crippen molar-refractivity contribution in [1.29, 1.82) is 0 Å². The molecule has 1 aliphatic rings. The number of nitrogens with two attached hydrogens (primary N) is 1. The van der Waals surface area contributed by atoms with E-state index in [4.69, 9.17) is 10.5 Å². The van der Waals surface area contributed by atoms with Crippen LogP contribution in [0.1, 0.15) is 24.1 Å². The van der Waals surface area contributed by atoms with Gasteiger partial charge in [-0.05, 0) is 67.6 Å². The van der Waals surface area contributed by atoms with Gasteiger partial charge in [-0.3, -0.25) is 0 Å². The van der Waals surface area contributed by atoms with E-state index in [9.17, 15) is 0 Å². The van der Waals surface area contributed by atoms with E-state index in [1.165, 1.54) is 24.1 Å². The van der Waals surface area contributed by atoms with Gasteiger partial charge in [0.15, 0.2) is 5.82 Å². The molecule has 5 nitrogen and oxygen atoms in total. The summed E-state index contributed by atoms with van der Waals surface area (Å²) in [6.45, 7) is 0. The minimum absolute atomic E-state index is 0.527. The van der Waals surface area contributed by atoms with Crippen molar-refractivity contribution >= 4 is 16.9 Å². The SMILES string of the molecule is Nc1ncnc2c3c(n(-c4ccc(Oc5ccccc5)cc4)c12)CCCC3. The van der Waals surface area contributed by atoms with E-state index in [0.29, 0.717) is 5.82 Å². The van der Waals surface area contributed by atoms with Crippen LogP contribution in [0.4, 0.5) is 5.82 Å². The molecule has 0 unspecified atom stereocenters. The van der Waals surface area contributed by atoms with E-state index in [2.05, 4.69) is 26.7 Å². The summed E-state index contributed by atoms with van der Waals surface area (Å²) in [6.07, 6.45) is 6.03. The maximum Gasteiger partial charge on any atom is 0.151 e. The maximum atomic E-state index is 6.24. The highest BCUT2D eigenvalue weighted by molar-refractivity contribution is 5.91. The fourth-order valence-corrected chi connectivity index (χ4v) is 3.93. The van der Waals surface area contributed by atoms with Crippen molar-refractivity contribution in [1.82, 2.24) is 14.5 Å². The van der Waals surface area contributed by atoms with Crippen molar-refractivity contribution < 1.29 is 4.74 Å². The Morgan fingerprint density at radius 2 is 1.59 bits per heavy atom. The standard InChI is InChI=1S/C22H20N4O/c23-22-21-20(24-14-25-22)18-8-4-5-9-19(18)26(21)15-10-12-17(13-11-15)27-16-6-2-1-3-7-16/h1-3,6-7,10-14H,4-5,8-9H2,(H2,23,24,25). The Bertz CT molecular complexity index is 1100. The van der Waals surface area contributed by atoms with E-state index in [0.717, 1.165) is 41.1 Å². The Morgan fingerprint density at radius 1 is 0.852 bits per heavy atom. The van der Waals surface area contributed by atoms with Crippen molar-refractivity contribution in [3.05, 3.63) is 72.2 Å². The van der Waals surface area contributed by atoms with E-state index in [1.54, 1.807) is 6.33 Å². The monoisotopic (exact) mass is 356 g/mol. The average molecular weight is 356 g/mol.